The molecule has 0 amide bonds. The highest BCUT2D eigenvalue weighted by molar-refractivity contribution is 9.10. The second-order valence-corrected chi connectivity index (χ2v) is 5.49. The van der Waals surface area contributed by atoms with E-state index in [9.17, 15) is 0 Å². The van der Waals surface area contributed by atoms with Gasteiger partial charge in [0, 0.05) is 6.07 Å². The van der Waals surface area contributed by atoms with Gasteiger partial charge in [-0.25, -0.2) is 0 Å². The van der Waals surface area contributed by atoms with Crippen molar-refractivity contribution in [3.63, 3.8) is 0 Å². The van der Waals surface area contributed by atoms with Crippen LogP contribution in [0.3, 0.4) is 0 Å². The number of hydrogen-bond acceptors (Lipinski definition) is 4. The zero-order chi connectivity index (χ0) is 14.0. The van der Waals surface area contributed by atoms with Gasteiger partial charge in [0.1, 0.15) is 16.2 Å². The number of nitrogens with zero attached hydrogens (tertiary/aromatic N) is 2. The van der Waals surface area contributed by atoms with E-state index in [1.165, 1.54) is 11.1 Å². The fraction of sp³-hybridized carbons (Fsp3) is 0.286. The van der Waals surface area contributed by atoms with Crippen LogP contribution in [0.2, 0.25) is 0 Å². The summed E-state index contributed by atoms with van der Waals surface area (Å²) < 4.78 is 6.23. The van der Waals surface area contributed by atoms with Crippen molar-refractivity contribution in [2.45, 2.75) is 26.7 Å². The van der Waals surface area contributed by atoms with E-state index in [4.69, 9.17) is 10.5 Å². The van der Waals surface area contributed by atoms with Crippen LogP contribution >= 0.6 is 15.9 Å². The molecule has 19 heavy (non-hydrogen) atoms. The van der Waals surface area contributed by atoms with Gasteiger partial charge in [-0.3, -0.25) is 0 Å². The largest absolute Gasteiger partial charge is 0.424 e. The van der Waals surface area contributed by atoms with E-state index in [0.29, 0.717) is 22.1 Å². The van der Waals surface area contributed by atoms with Crippen molar-refractivity contribution in [2.75, 3.05) is 5.73 Å². The molecular formula is C14H16BrN3O. The van der Waals surface area contributed by atoms with Crippen molar-refractivity contribution >= 4 is 21.7 Å². The zero-order valence-electron chi connectivity index (χ0n) is 11.1. The van der Waals surface area contributed by atoms with Crippen molar-refractivity contribution in [2.24, 2.45) is 0 Å². The maximum atomic E-state index is 5.65. The van der Waals surface area contributed by atoms with Gasteiger partial charge in [-0.1, -0.05) is 19.9 Å². The van der Waals surface area contributed by atoms with Crippen molar-refractivity contribution in [3.8, 4) is 11.8 Å². The van der Waals surface area contributed by atoms with Crippen LogP contribution in [0.1, 0.15) is 30.9 Å². The Morgan fingerprint density at radius 3 is 2.53 bits per heavy atom. The van der Waals surface area contributed by atoms with Gasteiger partial charge in [-0.05, 0) is 52.0 Å². The van der Waals surface area contributed by atoms with Gasteiger partial charge < -0.3 is 10.5 Å². The van der Waals surface area contributed by atoms with Gasteiger partial charge in [0.25, 0.3) is 0 Å². The van der Waals surface area contributed by atoms with Crippen LogP contribution in [-0.2, 0) is 0 Å². The molecule has 0 radical (unpaired) electrons. The highest BCUT2D eigenvalue weighted by atomic mass is 79.9. The smallest absolute Gasteiger partial charge is 0.325 e. The van der Waals surface area contributed by atoms with E-state index in [-0.39, 0.29) is 6.01 Å². The first-order chi connectivity index (χ1) is 8.95. The molecule has 1 heterocycles. The predicted octanol–water partition coefficient (Wildman–Crippen LogP) is 4.05. The van der Waals surface area contributed by atoms with E-state index >= 15 is 0 Å². The molecular weight excluding hydrogens is 306 g/mol. The summed E-state index contributed by atoms with van der Waals surface area (Å²) in [5.74, 6) is 1.57. The quantitative estimate of drug-likeness (QED) is 0.866. The lowest BCUT2D eigenvalue weighted by atomic mass is 9.98. The lowest BCUT2D eigenvalue weighted by Crippen LogP contribution is -1.98. The normalized spacial score (nSPS) is 10.8. The maximum Gasteiger partial charge on any atom is 0.325 e. The Morgan fingerprint density at radius 1 is 1.21 bits per heavy atom. The third-order valence-electron chi connectivity index (χ3n) is 2.77. The Bertz CT molecular complexity index is 579. The van der Waals surface area contributed by atoms with Crippen molar-refractivity contribution in [1.29, 1.82) is 0 Å². The molecule has 1 aromatic carbocycles. The summed E-state index contributed by atoms with van der Waals surface area (Å²) in [6, 6.07) is 7.83. The molecule has 0 aliphatic heterocycles. The van der Waals surface area contributed by atoms with Gasteiger partial charge in [0.2, 0.25) is 0 Å². The molecule has 0 aliphatic rings. The highest BCUT2D eigenvalue weighted by Crippen LogP contribution is 2.26. The Kier molecular flexibility index (Phi) is 4.04. The zero-order valence-corrected chi connectivity index (χ0v) is 12.7. The van der Waals surface area contributed by atoms with Crippen LogP contribution in [0.5, 0.6) is 11.8 Å². The first kappa shape index (κ1) is 13.8. The number of benzene rings is 1. The van der Waals surface area contributed by atoms with Crippen molar-refractivity contribution in [3.05, 3.63) is 40.0 Å². The number of ether oxygens (including phenoxy) is 1. The van der Waals surface area contributed by atoms with Crippen LogP contribution < -0.4 is 10.5 Å². The fourth-order valence-electron chi connectivity index (χ4n) is 1.92. The summed E-state index contributed by atoms with van der Waals surface area (Å²) in [6.45, 7) is 6.40. The maximum absolute atomic E-state index is 5.65. The number of aryl methyl sites for hydroxylation is 1. The molecule has 2 aromatic rings. The Balaban J connectivity index is 2.26. The molecule has 0 saturated carbocycles. The van der Waals surface area contributed by atoms with E-state index in [0.717, 1.165) is 0 Å². The van der Waals surface area contributed by atoms with Gasteiger partial charge >= 0.3 is 6.01 Å². The van der Waals surface area contributed by atoms with Gasteiger partial charge in [-0.15, -0.1) is 0 Å². The number of nitrogens with two attached hydrogens (primary N) is 1. The van der Waals surface area contributed by atoms with Crippen LogP contribution in [-0.4, -0.2) is 9.97 Å². The average molecular weight is 322 g/mol. The predicted molar refractivity (Wildman–Crippen MR) is 79.5 cm³/mol. The van der Waals surface area contributed by atoms with Gasteiger partial charge in [-0.2, -0.15) is 9.97 Å². The number of rotatable bonds is 3. The standard InChI is InChI=1S/C14H16BrN3O/c1-8(2)11-5-4-10(6-9(11)3)19-14-17-12(15)7-13(16)18-14/h4-8H,1-3H3,(H2,16,17,18). The van der Waals surface area contributed by atoms with Crippen LogP contribution in [0.25, 0.3) is 0 Å². The minimum absolute atomic E-state index is 0.239. The minimum Gasteiger partial charge on any atom is -0.424 e. The first-order valence-electron chi connectivity index (χ1n) is 6.04. The molecule has 0 spiro atoms. The number of nitrogen functional groups attached to an aromatic ring is 1. The molecule has 1 aromatic heterocycles. The van der Waals surface area contributed by atoms with E-state index < -0.39 is 0 Å². The molecule has 2 N–H and O–H groups in total. The molecule has 0 bridgehead atoms. The second-order valence-electron chi connectivity index (χ2n) is 4.67. The SMILES string of the molecule is Cc1cc(Oc2nc(N)cc(Br)n2)ccc1C(C)C. The molecule has 5 heteroatoms. The first-order valence-corrected chi connectivity index (χ1v) is 6.83. The monoisotopic (exact) mass is 321 g/mol. The lowest BCUT2D eigenvalue weighted by Gasteiger charge is -2.11. The van der Waals surface area contributed by atoms with Crippen LogP contribution in [0.15, 0.2) is 28.9 Å². The lowest BCUT2D eigenvalue weighted by molar-refractivity contribution is 0.441. The average Bonchev–Trinajstić information content (AvgIpc) is 2.26. The van der Waals surface area contributed by atoms with Crippen LogP contribution in [0, 0.1) is 6.92 Å². The molecule has 0 fully saturated rings. The molecule has 100 valence electrons. The number of halogens is 1. The number of aromatic nitrogens is 2. The second kappa shape index (κ2) is 5.57. The number of hydrogen-bond donors (Lipinski definition) is 1. The summed E-state index contributed by atoms with van der Waals surface area (Å²) >= 11 is 3.26. The van der Waals surface area contributed by atoms with Gasteiger partial charge in [0.15, 0.2) is 0 Å². The third kappa shape index (κ3) is 3.44. The summed E-state index contributed by atoms with van der Waals surface area (Å²) in [5.41, 5.74) is 8.14. The molecule has 0 aliphatic carbocycles. The Hall–Kier alpha value is -1.62. The number of anilines is 1. The minimum atomic E-state index is 0.239. The van der Waals surface area contributed by atoms with E-state index in [1.54, 1.807) is 6.07 Å². The molecule has 0 saturated heterocycles. The van der Waals surface area contributed by atoms with Crippen molar-refractivity contribution < 1.29 is 4.74 Å². The molecule has 2 rings (SSSR count). The molecule has 0 atom stereocenters. The summed E-state index contributed by atoms with van der Waals surface area (Å²) in [5, 5.41) is 0. The topological polar surface area (TPSA) is 61.0 Å². The van der Waals surface area contributed by atoms with E-state index in [1.807, 2.05) is 12.1 Å². The summed E-state index contributed by atoms with van der Waals surface area (Å²) in [7, 11) is 0. The van der Waals surface area contributed by atoms with Crippen molar-refractivity contribution in [1.82, 2.24) is 9.97 Å². The van der Waals surface area contributed by atoms with Crippen LogP contribution in [0.4, 0.5) is 5.82 Å². The summed E-state index contributed by atoms with van der Waals surface area (Å²) in [6.07, 6.45) is 0. The fourth-order valence-corrected chi connectivity index (χ4v) is 2.31. The Labute approximate surface area is 121 Å². The third-order valence-corrected chi connectivity index (χ3v) is 3.17. The molecule has 4 nitrogen and oxygen atoms in total. The van der Waals surface area contributed by atoms with Gasteiger partial charge in [0.05, 0.1) is 0 Å². The summed E-state index contributed by atoms with van der Waals surface area (Å²) in [4.78, 5) is 8.15. The highest BCUT2D eigenvalue weighted by Gasteiger charge is 2.07. The molecule has 0 unspecified atom stereocenters. The van der Waals surface area contributed by atoms with E-state index in [2.05, 4.69) is 52.7 Å². The Morgan fingerprint density at radius 2 is 1.95 bits per heavy atom.